The molecule has 0 bridgehead atoms. The van der Waals surface area contributed by atoms with Gasteiger partial charge < -0.3 is 15.4 Å². The van der Waals surface area contributed by atoms with E-state index >= 15 is 0 Å². The van der Waals surface area contributed by atoms with Crippen molar-refractivity contribution in [3.05, 3.63) is 65.2 Å². The van der Waals surface area contributed by atoms with Gasteiger partial charge in [-0.2, -0.15) is 0 Å². The molecule has 35 heavy (non-hydrogen) atoms. The van der Waals surface area contributed by atoms with Gasteiger partial charge in [-0.15, -0.1) is 10.2 Å². The maximum absolute atomic E-state index is 12.5. The largest absolute Gasteiger partial charge is 0.497 e. The van der Waals surface area contributed by atoms with Gasteiger partial charge in [0.2, 0.25) is 16.9 Å². The van der Waals surface area contributed by atoms with Crippen LogP contribution in [0.2, 0.25) is 0 Å². The van der Waals surface area contributed by atoms with Crippen LogP contribution in [-0.4, -0.2) is 44.4 Å². The van der Waals surface area contributed by atoms with Gasteiger partial charge in [0.15, 0.2) is 4.34 Å². The zero-order valence-electron chi connectivity index (χ0n) is 18.8. The number of rotatable bonds is 10. The minimum Gasteiger partial charge on any atom is -0.497 e. The Morgan fingerprint density at radius 3 is 2.60 bits per heavy atom. The fourth-order valence-corrected chi connectivity index (χ4v) is 4.89. The number of anilines is 2. The number of nitrogens with one attached hydrogen (secondary N) is 2. The average Bonchev–Trinajstić information content (AvgIpc) is 3.31. The van der Waals surface area contributed by atoms with Gasteiger partial charge in [0.05, 0.1) is 24.3 Å². The van der Waals surface area contributed by atoms with Crippen LogP contribution < -0.4 is 20.9 Å². The first-order valence-corrected chi connectivity index (χ1v) is 12.5. The van der Waals surface area contributed by atoms with E-state index in [9.17, 15) is 14.4 Å². The van der Waals surface area contributed by atoms with Crippen LogP contribution in [0.4, 0.5) is 10.8 Å². The van der Waals surface area contributed by atoms with E-state index in [2.05, 4.69) is 25.8 Å². The van der Waals surface area contributed by atoms with E-state index in [0.29, 0.717) is 38.2 Å². The van der Waals surface area contributed by atoms with Gasteiger partial charge in [-0.25, -0.2) is 4.98 Å². The van der Waals surface area contributed by atoms with E-state index in [1.54, 1.807) is 49.6 Å². The Hall–Kier alpha value is -3.77. The average molecular weight is 511 g/mol. The van der Waals surface area contributed by atoms with Crippen LogP contribution >= 0.6 is 23.1 Å². The highest BCUT2D eigenvalue weighted by Gasteiger charge is 2.11. The van der Waals surface area contributed by atoms with Crippen molar-refractivity contribution in [2.45, 2.75) is 23.7 Å². The lowest BCUT2D eigenvalue weighted by atomic mass is 10.2. The molecule has 180 valence electrons. The molecule has 0 aliphatic heterocycles. The summed E-state index contributed by atoms with van der Waals surface area (Å²) in [4.78, 5) is 41.2. The standard InChI is InChI=1S/C23H22N6O4S2/c1-33-16-8-6-15(7-9-16)25-20(31)11-13-34-23-28-27-22(35-23)26-19(30)10-12-29-14-24-18-5-3-2-4-17(18)21(29)32/h2-9,14H,10-13H2,1H3,(H,25,31)(H,26,27,30). The van der Waals surface area contributed by atoms with Crippen LogP contribution in [0.15, 0.2) is 64.0 Å². The Labute approximate surface area is 208 Å². The number of benzene rings is 2. The number of amides is 2. The molecule has 2 aromatic carbocycles. The zero-order valence-corrected chi connectivity index (χ0v) is 20.4. The predicted molar refractivity (Wildman–Crippen MR) is 136 cm³/mol. The molecule has 0 aliphatic carbocycles. The zero-order chi connectivity index (χ0) is 24.6. The summed E-state index contributed by atoms with van der Waals surface area (Å²) in [7, 11) is 1.58. The van der Waals surface area contributed by atoms with Crippen LogP contribution in [0.5, 0.6) is 5.75 Å². The SMILES string of the molecule is COc1ccc(NC(=O)CCSc2nnc(NC(=O)CCn3cnc4ccccc4c3=O)s2)cc1. The first kappa shape index (κ1) is 24.4. The van der Waals surface area contributed by atoms with E-state index in [-0.39, 0.29) is 30.3 Å². The second-order valence-electron chi connectivity index (χ2n) is 7.31. The van der Waals surface area contributed by atoms with Crippen LogP contribution in [0.1, 0.15) is 12.8 Å². The Morgan fingerprint density at radius 2 is 1.80 bits per heavy atom. The third kappa shape index (κ3) is 6.64. The molecule has 0 saturated carbocycles. The minimum atomic E-state index is -0.281. The number of ether oxygens (including phenoxy) is 1. The number of methoxy groups -OCH3 is 1. The fraction of sp³-hybridized carbons (Fsp3) is 0.217. The topological polar surface area (TPSA) is 128 Å². The second kappa shape index (κ2) is 11.6. The number of thioether (sulfide) groups is 1. The molecule has 2 amide bonds. The Kier molecular flexibility index (Phi) is 8.06. The maximum Gasteiger partial charge on any atom is 0.261 e. The van der Waals surface area contributed by atoms with Crippen molar-refractivity contribution in [1.82, 2.24) is 19.7 Å². The van der Waals surface area contributed by atoms with Crippen molar-refractivity contribution < 1.29 is 14.3 Å². The summed E-state index contributed by atoms with van der Waals surface area (Å²) in [6.07, 6.45) is 1.84. The van der Waals surface area contributed by atoms with Crippen molar-refractivity contribution in [3.8, 4) is 5.75 Å². The summed E-state index contributed by atoms with van der Waals surface area (Å²) in [6.45, 7) is 0.201. The summed E-state index contributed by atoms with van der Waals surface area (Å²) in [5.41, 5.74) is 1.13. The van der Waals surface area contributed by atoms with Crippen molar-refractivity contribution in [1.29, 1.82) is 0 Å². The lowest BCUT2D eigenvalue weighted by Gasteiger charge is -2.06. The first-order valence-electron chi connectivity index (χ1n) is 10.7. The molecule has 12 heteroatoms. The van der Waals surface area contributed by atoms with E-state index in [4.69, 9.17) is 4.74 Å². The molecule has 0 aliphatic rings. The number of aryl methyl sites for hydroxylation is 1. The van der Waals surface area contributed by atoms with Crippen LogP contribution in [-0.2, 0) is 16.1 Å². The van der Waals surface area contributed by atoms with Gasteiger partial charge >= 0.3 is 0 Å². The summed E-state index contributed by atoms with van der Waals surface area (Å²) >= 11 is 2.62. The third-order valence-electron chi connectivity index (χ3n) is 4.89. The molecule has 2 heterocycles. The van der Waals surface area contributed by atoms with Crippen molar-refractivity contribution in [3.63, 3.8) is 0 Å². The maximum atomic E-state index is 12.5. The number of fused-ring (bicyclic) bond motifs is 1. The lowest BCUT2D eigenvalue weighted by Crippen LogP contribution is -2.23. The summed E-state index contributed by atoms with van der Waals surface area (Å²) in [5, 5.41) is 14.4. The predicted octanol–water partition coefficient (Wildman–Crippen LogP) is 3.41. The van der Waals surface area contributed by atoms with Crippen LogP contribution in [0, 0.1) is 0 Å². The third-order valence-corrected chi connectivity index (χ3v) is 6.87. The molecule has 0 saturated heterocycles. The number of nitrogens with zero attached hydrogens (tertiary/aromatic N) is 4. The van der Waals surface area contributed by atoms with E-state index < -0.39 is 0 Å². The van der Waals surface area contributed by atoms with Crippen LogP contribution in [0.25, 0.3) is 10.9 Å². The number of carbonyl (C=O) groups excluding carboxylic acids is 2. The summed E-state index contributed by atoms with van der Waals surface area (Å²) < 4.78 is 7.16. The molecule has 0 spiro atoms. The number of hydrogen-bond acceptors (Lipinski definition) is 9. The fourth-order valence-electron chi connectivity index (χ4n) is 3.12. The molecule has 10 nitrogen and oxygen atoms in total. The number of hydrogen-bond donors (Lipinski definition) is 2. The molecule has 0 fully saturated rings. The van der Waals surface area contributed by atoms with Gasteiger partial charge in [-0.3, -0.25) is 19.0 Å². The normalized spacial score (nSPS) is 10.8. The van der Waals surface area contributed by atoms with Crippen molar-refractivity contribution in [2.75, 3.05) is 23.5 Å². The van der Waals surface area contributed by atoms with Gasteiger partial charge in [-0.1, -0.05) is 35.2 Å². The second-order valence-corrected chi connectivity index (χ2v) is 9.63. The van der Waals surface area contributed by atoms with E-state index in [0.717, 1.165) is 5.75 Å². The number of aromatic nitrogens is 4. The Morgan fingerprint density at radius 1 is 1.03 bits per heavy atom. The van der Waals surface area contributed by atoms with Gasteiger partial charge in [0.1, 0.15) is 5.75 Å². The minimum absolute atomic E-state index is 0.0908. The lowest BCUT2D eigenvalue weighted by molar-refractivity contribution is -0.117. The summed E-state index contributed by atoms with van der Waals surface area (Å²) in [5.74, 6) is 0.843. The molecule has 2 N–H and O–H groups in total. The smallest absolute Gasteiger partial charge is 0.261 e. The van der Waals surface area contributed by atoms with Crippen LogP contribution in [0.3, 0.4) is 0 Å². The molecule has 4 rings (SSSR count). The molecule has 0 radical (unpaired) electrons. The van der Waals surface area contributed by atoms with Crippen molar-refractivity contribution >= 4 is 56.6 Å². The number of carbonyl (C=O) groups is 2. The van der Waals surface area contributed by atoms with E-state index in [1.807, 2.05) is 6.07 Å². The molecule has 0 atom stereocenters. The Balaban J connectivity index is 1.20. The van der Waals surface area contributed by atoms with E-state index in [1.165, 1.54) is 34.0 Å². The number of para-hydroxylation sites is 1. The molecular weight excluding hydrogens is 488 g/mol. The first-order chi connectivity index (χ1) is 17.0. The molecule has 4 aromatic rings. The van der Waals surface area contributed by atoms with Gasteiger partial charge in [-0.05, 0) is 36.4 Å². The highest BCUT2D eigenvalue weighted by atomic mass is 32.2. The summed E-state index contributed by atoms with van der Waals surface area (Å²) in [6, 6.07) is 14.2. The molecule has 0 unspecified atom stereocenters. The van der Waals surface area contributed by atoms with Crippen molar-refractivity contribution in [2.24, 2.45) is 0 Å². The quantitative estimate of drug-likeness (QED) is 0.245. The molecular formula is C23H22N6O4S2. The Bertz CT molecular complexity index is 1390. The van der Waals surface area contributed by atoms with Gasteiger partial charge in [0.25, 0.3) is 5.56 Å². The monoisotopic (exact) mass is 510 g/mol. The van der Waals surface area contributed by atoms with Gasteiger partial charge in [0, 0.05) is 30.8 Å². The highest BCUT2D eigenvalue weighted by molar-refractivity contribution is 8.01. The highest BCUT2D eigenvalue weighted by Crippen LogP contribution is 2.26. The molecule has 2 aromatic heterocycles.